The van der Waals surface area contributed by atoms with Crippen LogP contribution in [0.1, 0.15) is 23.7 Å². The monoisotopic (exact) mass is 311 g/mol. The van der Waals surface area contributed by atoms with Crippen molar-refractivity contribution in [1.82, 2.24) is 5.32 Å². The van der Waals surface area contributed by atoms with E-state index >= 15 is 0 Å². The van der Waals surface area contributed by atoms with Gasteiger partial charge in [0.25, 0.3) is 5.91 Å². The average Bonchev–Trinajstić information content (AvgIpc) is 2.78. The third-order valence-corrected chi connectivity index (χ3v) is 5.49. The number of benzene rings is 1. The van der Waals surface area contributed by atoms with Crippen molar-refractivity contribution in [3.63, 3.8) is 0 Å². The largest absolute Gasteiger partial charge is 0.399 e. The summed E-state index contributed by atoms with van der Waals surface area (Å²) < 4.78 is 23.3. The van der Waals surface area contributed by atoms with Crippen LogP contribution in [0.4, 0.5) is 11.4 Å². The summed E-state index contributed by atoms with van der Waals surface area (Å²) in [7, 11) is -1.17. The summed E-state index contributed by atoms with van der Waals surface area (Å²) in [5.41, 5.74) is 7.54. The number of nitrogen functional groups attached to an aromatic ring is 1. The molecule has 1 aliphatic rings. The minimum Gasteiger partial charge on any atom is -0.399 e. The Bertz CT molecular complexity index is 643. The lowest BCUT2D eigenvalue weighted by Crippen LogP contribution is -2.35. The Labute approximate surface area is 125 Å². The zero-order valence-electron chi connectivity index (χ0n) is 12.3. The molecular weight excluding hydrogens is 290 g/mol. The van der Waals surface area contributed by atoms with Crippen LogP contribution in [0.3, 0.4) is 0 Å². The molecule has 1 heterocycles. The lowest BCUT2D eigenvalue weighted by molar-refractivity contribution is 0.0956. The Morgan fingerprint density at radius 1 is 1.48 bits per heavy atom. The van der Waals surface area contributed by atoms with E-state index in [9.17, 15) is 13.2 Å². The van der Waals surface area contributed by atoms with Crippen LogP contribution in [-0.2, 0) is 9.84 Å². The molecule has 6 nitrogen and oxygen atoms in total. The summed E-state index contributed by atoms with van der Waals surface area (Å²) in [6.45, 7) is 2.38. The predicted molar refractivity (Wildman–Crippen MR) is 84.3 cm³/mol. The molecular formula is C14H21N3O3S. The molecule has 1 aliphatic heterocycles. The third kappa shape index (κ3) is 3.47. The lowest BCUT2D eigenvalue weighted by atomic mass is 10.1. The SMILES string of the molecule is CCNC(=O)c1ccc(N)cc1N(C)C1CCS(=O)(=O)C1. The van der Waals surface area contributed by atoms with E-state index in [0.717, 1.165) is 0 Å². The molecule has 2 rings (SSSR count). The fourth-order valence-corrected chi connectivity index (χ4v) is 4.34. The van der Waals surface area contributed by atoms with E-state index in [1.165, 1.54) is 0 Å². The van der Waals surface area contributed by atoms with Crippen molar-refractivity contribution in [3.05, 3.63) is 23.8 Å². The molecule has 1 aromatic carbocycles. The Hall–Kier alpha value is -1.76. The first-order chi connectivity index (χ1) is 9.84. The van der Waals surface area contributed by atoms with E-state index in [1.807, 2.05) is 18.9 Å². The Kier molecular flexibility index (Phi) is 4.41. The molecule has 1 atom stereocenters. The van der Waals surface area contributed by atoms with Crippen LogP contribution < -0.4 is 16.0 Å². The molecule has 0 bridgehead atoms. The average molecular weight is 311 g/mol. The number of rotatable bonds is 4. The van der Waals surface area contributed by atoms with Crippen LogP contribution in [0.2, 0.25) is 0 Å². The van der Waals surface area contributed by atoms with Gasteiger partial charge in [-0.1, -0.05) is 0 Å². The summed E-state index contributed by atoms with van der Waals surface area (Å²) in [4.78, 5) is 14.0. The number of amides is 1. The Balaban J connectivity index is 2.33. The standard InChI is InChI=1S/C14H21N3O3S/c1-3-16-14(18)12-5-4-10(15)8-13(12)17(2)11-6-7-21(19,20)9-11/h4-5,8,11H,3,6-7,9,15H2,1-2H3,(H,16,18). The summed E-state index contributed by atoms with van der Waals surface area (Å²) in [5.74, 6) is 0.133. The van der Waals surface area contributed by atoms with Crippen molar-refractivity contribution in [2.45, 2.75) is 19.4 Å². The first-order valence-electron chi connectivity index (χ1n) is 6.95. The van der Waals surface area contributed by atoms with Crippen LogP contribution in [0.5, 0.6) is 0 Å². The molecule has 1 saturated heterocycles. The summed E-state index contributed by atoms with van der Waals surface area (Å²) in [6, 6.07) is 4.95. The minimum atomic E-state index is -2.98. The topological polar surface area (TPSA) is 92.5 Å². The van der Waals surface area contributed by atoms with Crippen molar-refractivity contribution in [3.8, 4) is 0 Å². The van der Waals surface area contributed by atoms with Crippen LogP contribution in [0.15, 0.2) is 18.2 Å². The molecule has 0 aromatic heterocycles. The fourth-order valence-electron chi connectivity index (χ4n) is 2.57. The van der Waals surface area contributed by atoms with Gasteiger partial charge in [0.05, 0.1) is 22.8 Å². The highest BCUT2D eigenvalue weighted by Crippen LogP contribution is 2.28. The normalized spacial score (nSPS) is 20.2. The summed E-state index contributed by atoms with van der Waals surface area (Å²) in [5, 5.41) is 2.76. The highest BCUT2D eigenvalue weighted by Gasteiger charge is 2.32. The number of sulfone groups is 1. The molecule has 116 valence electrons. The molecule has 1 aromatic rings. The maximum absolute atomic E-state index is 12.1. The molecule has 0 saturated carbocycles. The van der Waals surface area contributed by atoms with E-state index in [2.05, 4.69) is 5.32 Å². The van der Waals surface area contributed by atoms with Gasteiger partial charge in [0.2, 0.25) is 0 Å². The van der Waals surface area contributed by atoms with Gasteiger partial charge in [0, 0.05) is 25.3 Å². The molecule has 0 spiro atoms. The first kappa shape index (κ1) is 15.6. The van der Waals surface area contributed by atoms with Gasteiger partial charge in [-0.2, -0.15) is 0 Å². The number of carbonyl (C=O) groups is 1. The number of nitrogens with one attached hydrogen (secondary N) is 1. The van der Waals surface area contributed by atoms with E-state index in [4.69, 9.17) is 5.73 Å². The molecule has 1 fully saturated rings. The van der Waals surface area contributed by atoms with Gasteiger partial charge in [0.1, 0.15) is 0 Å². The Morgan fingerprint density at radius 3 is 2.76 bits per heavy atom. The molecule has 7 heteroatoms. The quantitative estimate of drug-likeness (QED) is 0.796. The highest BCUT2D eigenvalue weighted by molar-refractivity contribution is 7.91. The molecule has 0 radical (unpaired) electrons. The van der Waals surface area contributed by atoms with Gasteiger partial charge >= 0.3 is 0 Å². The van der Waals surface area contributed by atoms with Gasteiger partial charge < -0.3 is 16.0 Å². The van der Waals surface area contributed by atoms with Crippen molar-refractivity contribution >= 4 is 27.1 Å². The second-order valence-electron chi connectivity index (χ2n) is 5.30. The molecule has 1 unspecified atom stereocenters. The van der Waals surface area contributed by atoms with Gasteiger partial charge in [-0.25, -0.2) is 8.42 Å². The maximum Gasteiger partial charge on any atom is 0.253 e. The molecule has 21 heavy (non-hydrogen) atoms. The second-order valence-corrected chi connectivity index (χ2v) is 7.53. The van der Waals surface area contributed by atoms with Crippen LogP contribution >= 0.6 is 0 Å². The van der Waals surface area contributed by atoms with Crippen LogP contribution in [0, 0.1) is 0 Å². The third-order valence-electron chi connectivity index (χ3n) is 3.74. The van der Waals surface area contributed by atoms with Gasteiger partial charge in [-0.3, -0.25) is 4.79 Å². The van der Waals surface area contributed by atoms with Crippen LogP contribution in [-0.4, -0.2) is 45.5 Å². The number of hydrogen-bond acceptors (Lipinski definition) is 5. The number of hydrogen-bond donors (Lipinski definition) is 2. The minimum absolute atomic E-state index is 0.118. The van der Waals surface area contributed by atoms with Crippen molar-refractivity contribution in [2.24, 2.45) is 0 Å². The van der Waals surface area contributed by atoms with Crippen LogP contribution in [0.25, 0.3) is 0 Å². The van der Waals surface area contributed by atoms with E-state index in [1.54, 1.807) is 18.2 Å². The summed E-state index contributed by atoms with van der Waals surface area (Å²) in [6.07, 6.45) is 0.572. The predicted octanol–water partition coefficient (Wildman–Crippen LogP) is 0.642. The number of anilines is 2. The van der Waals surface area contributed by atoms with Crippen molar-refractivity contribution in [2.75, 3.05) is 35.7 Å². The molecule has 1 amide bonds. The zero-order valence-corrected chi connectivity index (χ0v) is 13.1. The lowest BCUT2D eigenvalue weighted by Gasteiger charge is -2.28. The van der Waals surface area contributed by atoms with Gasteiger partial charge in [0.15, 0.2) is 9.84 Å². The first-order valence-corrected chi connectivity index (χ1v) is 8.77. The van der Waals surface area contributed by atoms with Crippen molar-refractivity contribution < 1.29 is 13.2 Å². The van der Waals surface area contributed by atoms with Crippen molar-refractivity contribution in [1.29, 1.82) is 0 Å². The van der Waals surface area contributed by atoms with E-state index < -0.39 is 9.84 Å². The maximum atomic E-state index is 12.1. The zero-order chi connectivity index (χ0) is 15.6. The van der Waals surface area contributed by atoms with Gasteiger partial charge in [-0.05, 0) is 31.5 Å². The molecule has 0 aliphatic carbocycles. The highest BCUT2D eigenvalue weighted by atomic mass is 32.2. The smallest absolute Gasteiger partial charge is 0.253 e. The molecule has 3 N–H and O–H groups in total. The second kappa shape index (κ2) is 5.93. The van der Waals surface area contributed by atoms with Gasteiger partial charge in [-0.15, -0.1) is 0 Å². The van der Waals surface area contributed by atoms with E-state index in [0.29, 0.717) is 29.9 Å². The number of nitrogens with zero attached hydrogens (tertiary/aromatic N) is 1. The summed E-state index contributed by atoms with van der Waals surface area (Å²) >= 11 is 0. The van der Waals surface area contributed by atoms with E-state index in [-0.39, 0.29) is 23.5 Å². The Morgan fingerprint density at radius 2 is 2.19 bits per heavy atom. The fraction of sp³-hybridized carbons (Fsp3) is 0.500. The number of nitrogens with two attached hydrogens (primary N) is 1. The number of carbonyl (C=O) groups excluding carboxylic acids is 1.